The van der Waals surface area contributed by atoms with Gasteiger partial charge in [0.25, 0.3) is 5.91 Å². The first kappa shape index (κ1) is 22.3. The molecule has 1 atom stereocenters. The van der Waals surface area contributed by atoms with Gasteiger partial charge in [0, 0.05) is 18.7 Å². The molecule has 35 heavy (non-hydrogen) atoms. The van der Waals surface area contributed by atoms with Crippen LogP contribution in [-0.2, 0) is 11.2 Å². The monoisotopic (exact) mass is 471 g/mol. The summed E-state index contributed by atoms with van der Waals surface area (Å²) in [7, 11) is 0. The Balaban J connectivity index is 1.22. The molecule has 2 heterocycles. The predicted molar refractivity (Wildman–Crippen MR) is 133 cm³/mol. The summed E-state index contributed by atoms with van der Waals surface area (Å²) in [6, 6.07) is 15.5. The summed E-state index contributed by atoms with van der Waals surface area (Å²) in [6.45, 7) is 0.753. The third kappa shape index (κ3) is 4.46. The highest BCUT2D eigenvalue weighted by molar-refractivity contribution is 5.93. The summed E-state index contributed by atoms with van der Waals surface area (Å²) in [5, 5.41) is 12.8. The van der Waals surface area contributed by atoms with Crippen LogP contribution in [0.5, 0.6) is 0 Å². The van der Waals surface area contributed by atoms with E-state index in [0.717, 1.165) is 29.9 Å². The first-order valence-corrected chi connectivity index (χ1v) is 13.0. The van der Waals surface area contributed by atoms with Crippen LogP contribution in [0.1, 0.15) is 72.6 Å². The Hall–Kier alpha value is -3.15. The Kier molecular flexibility index (Phi) is 5.62. The van der Waals surface area contributed by atoms with E-state index < -0.39 is 5.97 Å². The zero-order chi connectivity index (χ0) is 24.0. The minimum absolute atomic E-state index is 0.00761. The Morgan fingerprint density at radius 2 is 1.69 bits per heavy atom. The average Bonchev–Trinajstić information content (AvgIpc) is 3.26. The average molecular weight is 472 g/mol. The minimum atomic E-state index is -0.850. The first-order valence-electron chi connectivity index (χ1n) is 13.0. The van der Waals surface area contributed by atoms with Gasteiger partial charge >= 0.3 is 5.97 Å². The number of amides is 1. The Bertz CT molecular complexity index is 1210. The summed E-state index contributed by atoms with van der Waals surface area (Å²) >= 11 is 0. The van der Waals surface area contributed by atoms with E-state index in [2.05, 4.69) is 5.32 Å². The molecule has 1 amide bonds. The maximum Gasteiger partial charge on any atom is 0.304 e. The van der Waals surface area contributed by atoms with Crippen molar-refractivity contribution in [3.05, 3.63) is 71.7 Å². The molecule has 182 valence electrons. The van der Waals surface area contributed by atoms with Gasteiger partial charge in [0.1, 0.15) is 11.3 Å². The molecule has 3 aromatic rings. The molecule has 0 saturated heterocycles. The SMILES string of the molecule is O=C(O)CC(Cc1ccccc1)c1cn2c(C(=O)NCC34CC5CC(CC(C5)C3)C4)cccc2n1. The molecule has 6 heteroatoms. The Morgan fingerprint density at radius 1 is 1.00 bits per heavy atom. The lowest BCUT2D eigenvalue weighted by molar-refractivity contribution is -0.137. The van der Waals surface area contributed by atoms with Gasteiger partial charge in [0.2, 0.25) is 0 Å². The van der Waals surface area contributed by atoms with Gasteiger partial charge in [0.15, 0.2) is 0 Å². The molecule has 7 rings (SSSR count). The third-order valence-electron chi connectivity index (χ3n) is 8.70. The van der Waals surface area contributed by atoms with Crippen molar-refractivity contribution in [2.24, 2.45) is 23.2 Å². The predicted octanol–water partition coefficient (Wildman–Crippen LogP) is 5.08. The number of pyridine rings is 1. The lowest BCUT2D eigenvalue weighted by Crippen LogP contribution is -2.51. The van der Waals surface area contributed by atoms with Crippen molar-refractivity contribution in [1.82, 2.24) is 14.7 Å². The van der Waals surface area contributed by atoms with E-state index in [1.807, 2.05) is 59.1 Å². The van der Waals surface area contributed by atoms with Gasteiger partial charge in [-0.25, -0.2) is 4.98 Å². The number of nitrogens with one attached hydrogen (secondary N) is 1. The molecular formula is C29H33N3O3. The highest BCUT2D eigenvalue weighted by Crippen LogP contribution is 2.59. The fourth-order valence-electron chi connectivity index (χ4n) is 7.67. The quantitative estimate of drug-likeness (QED) is 0.480. The van der Waals surface area contributed by atoms with Crippen LogP contribution in [0.4, 0.5) is 0 Å². The second kappa shape index (κ2) is 8.81. The van der Waals surface area contributed by atoms with Crippen molar-refractivity contribution < 1.29 is 14.7 Å². The number of carbonyl (C=O) groups is 2. The topological polar surface area (TPSA) is 83.7 Å². The smallest absolute Gasteiger partial charge is 0.304 e. The number of rotatable bonds is 8. The lowest BCUT2D eigenvalue weighted by Gasteiger charge is -2.56. The number of hydrogen-bond donors (Lipinski definition) is 2. The fourth-order valence-corrected chi connectivity index (χ4v) is 7.67. The Labute approximate surface area is 205 Å². The molecule has 0 aliphatic heterocycles. The number of fused-ring (bicyclic) bond motifs is 1. The van der Waals surface area contributed by atoms with Crippen molar-refractivity contribution in [1.29, 1.82) is 0 Å². The number of hydrogen-bond acceptors (Lipinski definition) is 3. The standard InChI is InChI=1S/C29H33N3O3/c33-27(34)13-23(12-19-5-2-1-3-6-19)24-17-32-25(7-4-8-26(32)31-24)28(35)30-18-29-14-20-9-21(15-29)11-22(10-20)16-29/h1-8,17,20-23H,9-16,18H2,(H,30,35)(H,33,34). The zero-order valence-electron chi connectivity index (χ0n) is 20.0. The van der Waals surface area contributed by atoms with Crippen molar-refractivity contribution in [3.63, 3.8) is 0 Å². The third-order valence-corrected chi connectivity index (χ3v) is 8.70. The van der Waals surface area contributed by atoms with Crippen LogP contribution in [0.15, 0.2) is 54.7 Å². The van der Waals surface area contributed by atoms with Crippen molar-refractivity contribution >= 4 is 17.5 Å². The largest absolute Gasteiger partial charge is 0.481 e. The maximum atomic E-state index is 13.3. The van der Waals surface area contributed by atoms with Gasteiger partial charge in [0.05, 0.1) is 12.1 Å². The number of carboxylic acids is 1. The molecule has 1 aromatic carbocycles. The zero-order valence-corrected chi connectivity index (χ0v) is 20.0. The van der Waals surface area contributed by atoms with E-state index in [4.69, 9.17) is 4.98 Å². The normalized spacial score (nSPS) is 27.7. The van der Waals surface area contributed by atoms with Crippen molar-refractivity contribution in [2.45, 2.75) is 57.3 Å². The molecular weight excluding hydrogens is 438 g/mol. The first-order chi connectivity index (χ1) is 17.0. The van der Waals surface area contributed by atoms with E-state index in [-0.39, 0.29) is 23.7 Å². The molecule has 4 fully saturated rings. The molecule has 0 radical (unpaired) electrons. The number of imidazole rings is 1. The van der Waals surface area contributed by atoms with Crippen LogP contribution in [0.2, 0.25) is 0 Å². The van der Waals surface area contributed by atoms with E-state index in [9.17, 15) is 14.7 Å². The van der Waals surface area contributed by atoms with Crippen molar-refractivity contribution in [3.8, 4) is 0 Å². The van der Waals surface area contributed by atoms with Gasteiger partial charge in [-0.1, -0.05) is 36.4 Å². The maximum absolute atomic E-state index is 13.3. The Morgan fingerprint density at radius 3 is 2.34 bits per heavy atom. The lowest BCUT2D eigenvalue weighted by atomic mass is 9.49. The van der Waals surface area contributed by atoms with E-state index in [1.165, 1.54) is 38.5 Å². The highest BCUT2D eigenvalue weighted by Gasteiger charge is 2.50. The molecule has 4 bridgehead atoms. The summed E-state index contributed by atoms with van der Waals surface area (Å²) in [6.07, 6.45) is 10.4. The number of aromatic nitrogens is 2. The second-order valence-electron chi connectivity index (χ2n) is 11.4. The van der Waals surface area contributed by atoms with Crippen LogP contribution in [0.25, 0.3) is 5.65 Å². The van der Waals surface area contributed by atoms with Gasteiger partial charge in [-0.15, -0.1) is 0 Å². The highest BCUT2D eigenvalue weighted by atomic mass is 16.4. The van der Waals surface area contributed by atoms with Gasteiger partial charge < -0.3 is 10.4 Å². The number of carboxylic acid groups (broad SMARTS) is 1. The van der Waals surface area contributed by atoms with E-state index in [1.54, 1.807) is 0 Å². The van der Waals surface area contributed by atoms with E-state index in [0.29, 0.717) is 23.5 Å². The van der Waals surface area contributed by atoms with Crippen LogP contribution in [0, 0.1) is 23.2 Å². The number of nitrogens with zero attached hydrogens (tertiary/aromatic N) is 2. The molecule has 0 spiro atoms. The molecule has 2 aromatic heterocycles. The van der Waals surface area contributed by atoms with Crippen LogP contribution in [-0.4, -0.2) is 32.9 Å². The summed E-state index contributed by atoms with van der Waals surface area (Å²) < 4.78 is 1.82. The van der Waals surface area contributed by atoms with Crippen LogP contribution >= 0.6 is 0 Å². The molecule has 2 N–H and O–H groups in total. The van der Waals surface area contributed by atoms with Gasteiger partial charge in [-0.2, -0.15) is 0 Å². The van der Waals surface area contributed by atoms with Gasteiger partial charge in [-0.05, 0) is 85.8 Å². The van der Waals surface area contributed by atoms with Crippen molar-refractivity contribution in [2.75, 3.05) is 6.54 Å². The van der Waals surface area contributed by atoms with Crippen LogP contribution in [0.3, 0.4) is 0 Å². The minimum Gasteiger partial charge on any atom is -0.481 e. The van der Waals surface area contributed by atoms with E-state index >= 15 is 0 Å². The molecule has 4 aliphatic rings. The molecule has 4 saturated carbocycles. The fraction of sp³-hybridized carbons (Fsp3) is 0.483. The second-order valence-corrected chi connectivity index (χ2v) is 11.4. The number of carbonyl (C=O) groups excluding carboxylic acids is 1. The molecule has 6 nitrogen and oxygen atoms in total. The summed E-state index contributed by atoms with van der Waals surface area (Å²) in [5.41, 5.74) is 3.29. The molecule has 1 unspecified atom stereocenters. The number of aliphatic carboxylic acids is 1. The summed E-state index contributed by atoms with van der Waals surface area (Å²) in [5.74, 6) is 1.37. The summed E-state index contributed by atoms with van der Waals surface area (Å²) in [4.78, 5) is 29.7. The van der Waals surface area contributed by atoms with Gasteiger partial charge in [-0.3, -0.25) is 14.0 Å². The van der Waals surface area contributed by atoms with Crippen LogP contribution < -0.4 is 5.32 Å². The number of benzene rings is 1. The molecule has 4 aliphatic carbocycles.